The Labute approximate surface area is 148 Å². The van der Waals surface area contributed by atoms with Crippen LogP contribution in [0.25, 0.3) is 0 Å². The Kier molecular flexibility index (Phi) is 11.2. The molecule has 1 aromatic rings. The number of aromatic nitrogens is 1. The molecule has 0 aliphatic carbocycles. The second-order valence-corrected chi connectivity index (χ2v) is 6.85. The van der Waals surface area contributed by atoms with E-state index in [2.05, 4.69) is 19.2 Å². The van der Waals surface area contributed by atoms with Gasteiger partial charge in [0.2, 0.25) is 5.88 Å². The summed E-state index contributed by atoms with van der Waals surface area (Å²) in [5.74, 6) is 0.332. The quantitative estimate of drug-likeness (QED) is 0.342. The molecule has 0 saturated heterocycles. The van der Waals surface area contributed by atoms with Crippen molar-refractivity contribution in [2.24, 2.45) is 0 Å². The molecule has 0 aromatic carbocycles. The van der Waals surface area contributed by atoms with Gasteiger partial charge in [0.05, 0.1) is 0 Å². The number of hydrogen-bond donors (Lipinski definition) is 3. The predicted molar refractivity (Wildman–Crippen MR) is 103 cm³/mol. The minimum atomic E-state index is 0.159. The summed E-state index contributed by atoms with van der Waals surface area (Å²) in [7, 11) is 0. The van der Waals surface area contributed by atoms with Crippen LogP contribution in [0.2, 0.25) is 0 Å². The molecule has 1 aromatic heterocycles. The Morgan fingerprint density at radius 1 is 0.792 bits per heavy atom. The zero-order valence-corrected chi connectivity index (χ0v) is 15.8. The van der Waals surface area contributed by atoms with Crippen molar-refractivity contribution in [2.75, 3.05) is 11.9 Å². The van der Waals surface area contributed by atoms with Gasteiger partial charge >= 0.3 is 0 Å². The Hall–Kier alpha value is -1.32. The van der Waals surface area contributed by atoms with Crippen LogP contribution in [-0.4, -0.2) is 21.3 Å². The van der Waals surface area contributed by atoms with Crippen molar-refractivity contribution in [1.82, 2.24) is 4.57 Å². The van der Waals surface area contributed by atoms with E-state index in [9.17, 15) is 10.2 Å². The van der Waals surface area contributed by atoms with Gasteiger partial charge in [0.15, 0.2) is 5.88 Å². The number of rotatable bonds is 15. The lowest BCUT2D eigenvalue weighted by atomic mass is 10.1. The number of unbranched alkanes of at least 4 members (excludes halogenated alkanes) is 10. The molecule has 0 unspecified atom stereocenters. The molecule has 0 saturated carbocycles. The first-order valence-electron chi connectivity index (χ1n) is 10.1. The van der Waals surface area contributed by atoms with Crippen molar-refractivity contribution in [2.45, 2.75) is 97.4 Å². The van der Waals surface area contributed by atoms with Crippen molar-refractivity contribution in [3.05, 3.63) is 6.07 Å². The molecule has 3 N–H and O–H groups in total. The summed E-state index contributed by atoms with van der Waals surface area (Å²) >= 11 is 0. The summed E-state index contributed by atoms with van der Waals surface area (Å²) < 4.78 is 1.62. The molecule has 0 aliphatic rings. The molecule has 0 fully saturated rings. The fourth-order valence-electron chi connectivity index (χ4n) is 3.05. The van der Waals surface area contributed by atoms with E-state index in [1.165, 1.54) is 57.8 Å². The highest BCUT2D eigenvalue weighted by molar-refractivity contribution is 5.57. The summed E-state index contributed by atoms with van der Waals surface area (Å²) in [6.07, 6.45) is 14.7. The van der Waals surface area contributed by atoms with E-state index in [1.54, 1.807) is 10.6 Å². The number of aromatic hydroxyl groups is 2. The fraction of sp³-hybridized carbons (Fsp3) is 0.800. The van der Waals surface area contributed by atoms with Gasteiger partial charge in [-0.05, 0) is 12.8 Å². The summed E-state index contributed by atoms with van der Waals surface area (Å²) in [6, 6.07) is 1.64. The van der Waals surface area contributed by atoms with Crippen LogP contribution < -0.4 is 5.32 Å². The van der Waals surface area contributed by atoms with Crippen molar-refractivity contribution in [3.8, 4) is 11.8 Å². The smallest absolute Gasteiger partial charge is 0.218 e. The Balaban J connectivity index is 2.24. The number of nitrogens with zero attached hydrogens (tertiary/aromatic N) is 1. The maximum atomic E-state index is 10.3. The third-order valence-corrected chi connectivity index (χ3v) is 4.63. The standard InChI is InChI=1S/C20H38N2O2/c1-3-5-7-9-10-12-14-16-22-19(23)17-18(20(22)24)21-15-13-11-8-6-4-2/h17,21,23-24H,3-16H2,1-2H3. The molecule has 0 bridgehead atoms. The third-order valence-electron chi connectivity index (χ3n) is 4.63. The Bertz CT molecular complexity index is 430. The molecule has 0 spiro atoms. The zero-order valence-electron chi connectivity index (χ0n) is 15.8. The lowest BCUT2D eigenvalue weighted by molar-refractivity contribution is 0.362. The lowest BCUT2D eigenvalue weighted by Gasteiger charge is -2.08. The fourth-order valence-corrected chi connectivity index (χ4v) is 3.05. The van der Waals surface area contributed by atoms with Crippen LogP contribution in [0.4, 0.5) is 5.69 Å². The largest absolute Gasteiger partial charge is 0.494 e. The molecule has 4 nitrogen and oxygen atoms in total. The van der Waals surface area contributed by atoms with Gasteiger partial charge in [-0.3, -0.25) is 4.57 Å². The molecular formula is C20H38N2O2. The van der Waals surface area contributed by atoms with Crippen molar-refractivity contribution in [1.29, 1.82) is 0 Å². The van der Waals surface area contributed by atoms with E-state index >= 15 is 0 Å². The van der Waals surface area contributed by atoms with Crippen LogP contribution in [0.3, 0.4) is 0 Å². The molecule has 0 atom stereocenters. The van der Waals surface area contributed by atoms with Gasteiger partial charge in [-0.15, -0.1) is 0 Å². The van der Waals surface area contributed by atoms with E-state index in [4.69, 9.17) is 0 Å². The van der Waals surface area contributed by atoms with Crippen LogP contribution >= 0.6 is 0 Å². The van der Waals surface area contributed by atoms with Crippen LogP contribution in [-0.2, 0) is 6.54 Å². The molecule has 24 heavy (non-hydrogen) atoms. The molecule has 4 heteroatoms. The van der Waals surface area contributed by atoms with E-state index in [0.29, 0.717) is 12.2 Å². The monoisotopic (exact) mass is 338 g/mol. The number of hydrogen-bond acceptors (Lipinski definition) is 3. The van der Waals surface area contributed by atoms with Crippen LogP contribution in [0.1, 0.15) is 90.9 Å². The Morgan fingerprint density at radius 3 is 1.96 bits per heavy atom. The van der Waals surface area contributed by atoms with Gasteiger partial charge in [-0.1, -0.05) is 78.1 Å². The average molecular weight is 339 g/mol. The third kappa shape index (κ3) is 7.98. The van der Waals surface area contributed by atoms with Crippen molar-refractivity contribution in [3.63, 3.8) is 0 Å². The summed E-state index contributed by atoms with van der Waals surface area (Å²) in [4.78, 5) is 0. The highest BCUT2D eigenvalue weighted by Gasteiger charge is 2.12. The molecule has 1 heterocycles. The normalized spacial score (nSPS) is 11.1. The minimum absolute atomic E-state index is 0.159. The number of anilines is 1. The van der Waals surface area contributed by atoms with E-state index in [0.717, 1.165) is 25.8 Å². The summed E-state index contributed by atoms with van der Waals surface area (Å²) in [5, 5.41) is 23.5. The van der Waals surface area contributed by atoms with Gasteiger partial charge < -0.3 is 15.5 Å². The molecule has 0 radical (unpaired) electrons. The Morgan fingerprint density at radius 2 is 1.33 bits per heavy atom. The molecule has 0 aliphatic heterocycles. The van der Waals surface area contributed by atoms with Crippen LogP contribution in [0.5, 0.6) is 11.8 Å². The van der Waals surface area contributed by atoms with E-state index < -0.39 is 0 Å². The van der Waals surface area contributed by atoms with Gasteiger partial charge in [0, 0.05) is 19.2 Å². The second-order valence-electron chi connectivity index (χ2n) is 6.85. The van der Waals surface area contributed by atoms with Crippen LogP contribution in [0, 0.1) is 0 Å². The molecule has 140 valence electrons. The van der Waals surface area contributed by atoms with E-state index in [1.807, 2.05) is 0 Å². The highest BCUT2D eigenvalue weighted by Crippen LogP contribution is 2.32. The van der Waals surface area contributed by atoms with Gasteiger partial charge in [-0.25, -0.2) is 0 Å². The highest BCUT2D eigenvalue weighted by atomic mass is 16.3. The van der Waals surface area contributed by atoms with E-state index in [-0.39, 0.29) is 11.8 Å². The second kappa shape index (κ2) is 13.0. The molecule has 0 amide bonds. The maximum Gasteiger partial charge on any atom is 0.218 e. The number of nitrogens with one attached hydrogen (secondary N) is 1. The summed E-state index contributed by atoms with van der Waals surface area (Å²) in [6.45, 7) is 5.98. The zero-order chi connectivity index (χ0) is 17.6. The van der Waals surface area contributed by atoms with Crippen LogP contribution in [0.15, 0.2) is 6.07 Å². The topological polar surface area (TPSA) is 57.4 Å². The first-order valence-corrected chi connectivity index (χ1v) is 10.1. The lowest BCUT2D eigenvalue weighted by Crippen LogP contribution is -2.02. The first-order chi connectivity index (χ1) is 11.7. The summed E-state index contributed by atoms with van der Waals surface area (Å²) in [5.41, 5.74) is 0.658. The van der Waals surface area contributed by atoms with Crippen molar-refractivity contribution >= 4 is 5.69 Å². The van der Waals surface area contributed by atoms with Gasteiger partial charge in [-0.2, -0.15) is 0 Å². The van der Waals surface area contributed by atoms with Gasteiger partial charge in [0.1, 0.15) is 5.69 Å². The predicted octanol–water partition coefficient (Wildman–Crippen LogP) is 6.03. The molecular weight excluding hydrogens is 300 g/mol. The minimum Gasteiger partial charge on any atom is -0.494 e. The first kappa shape index (κ1) is 20.7. The van der Waals surface area contributed by atoms with Crippen molar-refractivity contribution < 1.29 is 10.2 Å². The molecule has 1 rings (SSSR count). The van der Waals surface area contributed by atoms with Gasteiger partial charge in [0.25, 0.3) is 0 Å². The SMILES string of the molecule is CCCCCCCCCn1c(O)cc(NCCCCCCC)c1O. The average Bonchev–Trinajstić information content (AvgIpc) is 2.84. The maximum absolute atomic E-state index is 10.3.